The summed E-state index contributed by atoms with van der Waals surface area (Å²) in [5.74, 6) is 0. The van der Waals surface area contributed by atoms with E-state index in [1.165, 1.54) is 19.3 Å². The zero-order valence-corrected chi connectivity index (χ0v) is 12.5. The Hall–Kier alpha value is -0.710. The molecule has 0 spiro atoms. The first-order valence-corrected chi connectivity index (χ1v) is 8.30. The number of halogens is 1. The molecule has 3 nitrogen and oxygen atoms in total. The van der Waals surface area contributed by atoms with Gasteiger partial charge in [-0.15, -0.1) is 0 Å². The molecule has 0 bridgehead atoms. The van der Waals surface area contributed by atoms with Crippen LogP contribution in [-0.4, -0.2) is 26.9 Å². The fraction of sp³-hybridized carbons (Fsp3) is 0.500. The molecule has 1 aliphatic carbocycles. The van der Waals surface area contributed by atoms with E-state index in [1.54, 1.807) is 0 Å². The van der Waals surface area contributed by atoms with Gasteiger partial charge in [-0.05, 0) is 37.7 Å². The fourth-order valence-electron chi connectivity index (χ4n) is 2.69. The normalized spacial score (nSPS) is 23.3. The Balaban J connectivity index is 1.62. The predicted octanol–water partition coefficient (Wildman–Crippen LogP) is 3.36. The molecule has 3 rings (SSSR count). The van der Waals surface area contributed by atoms with Gasteiger partial charge in [0.15, 0.2) is 0 Å². The number of hydrogen-bond acceptors (Lipinski definition) is 3. The first kappa shape index (κ1) is 13.3. The highest BCUT2D eigenvalue weighted by atomic mass is 35.5. The van der Waals surface area contributed by atoms with Crippen molar-refractivity contribution in [1.29, 1.82) is 0 Å². The van der Waals surface area contributed by atoms with Gasteiger partial charge in [0.2, 0.25) is 0 Å². The maximum Gasteiger partial charge on any atom is 0.137 e. The second-order valence-electron chi connectivity index (χ2n) is 5.09. The molecule has 2 aromatic heterocycles. The molecule has 102 valence electrons. The first-order valence-electron chi connectivity index (χ1n) is 6.64. The van der Waals surface area contributed by atoms with Crippen molar-refractivity contribution in [2.45, 2.75) is 37.1 Å². The molecule has 1 N–H and O–H groups in total. The minimum Gasteiger partial charge on any atom is -0.308 e. The molecular weight excluding hydrogens is 278 g/mol. The molecule has 2 unspecified atom stereocenters. The Morgan fingerprint density at radius 1 is 1.42 bits per heavy atom. The number of pyridine rings is 1. The Bertz CT molecular complexity index is 569. The Morgan fingerprint density at radius 2 is 2.32 bits per heavy atom. The zero-order valence-electron chi connectivity index (χ0n) is 11.0. The summed E-state index contributed by atoms with van der Waals surface area (Å²) in [4.78, 5) is 4.59. The van der Waals surface area contributed by atoms with E-state index >= 15 is 0 Å². The summed E-state index contributed by atoms with van der Waals surface area (Å²) in [6.07, 6.45) is 10.0. The smallest absolute Gasteiger partial charge is 0.137 e. The Morgan fingerprint density at radius 3 is 3.11 bits per heavy atom. The third kappa shape index (κ3) is 3.07. The average Bonchev–Trinajstić information content (AvgIpc) is 3.01. The maximum atomic E-state index is 5.97. The van der Waals surface area contributed by atoms with Gasteiger partial charge in [-0.3, -0.25) is 0 Å². The van der Waals surface area contributed by atoms with Gasteiger partial charge in [-0.1, -0.05) is 11.6 Å². The molecule has 19 heavy (non-hydrogen) atoms. The third-order valence-corrected chi connectivity index (χ3v) is 5.07. The van der Waals surface area contributed by atoms with Crippen LogP contribution in [0.5, 0.6) is 0 Å². The van der Waals surface area contributed by atoms with Gasteiger partial charge < -0.3 is 9.72 Å². The SMILES string of the molecule is CSC1CCC(NCc2cn3cc(Cl)ccc3n2)C1. The quantitative estimate of drug-likeness (QED) is 0.938. The van der Waals surface area contributed by atoms with Crippen molar-refractivity contribution in [2.24, 2.45) is 0 Å². The number of nitrogens with one attached hydrogen (secondary N) is 1. The molecule has 0 amide bonds. The van der Waals surface area contributed by atoms with Crippen LogP contribution in [0.4, 0.5) is 0 Å². The molecule has 0 saturated heterocycles. The number of aromatic nitrogens is 2. The van der Waals surface area contributed by atoms with E-state index in [0.717, 1.165) is 28.2 Å². The molecule has 5 heteroatoms. The summed E-state index contributed by atoms with van der Waals surface area (Å²) >= 11 is 7.96. The highest BCUT2D eigenvalue weighted by molar-refractivity contribution is 7.99. The highest BCUT2D eigenvalue weighted by Crippen LogP contribution is 2.28. The number of hydrogen-bond donors (Lipinski definition) is 1. The van der Waals surface area contributed by atoms with E-state index < -0.39 is 0 Å². The Kier molecular flexibility index (Phi) is 4.01. The number of rotatable bonds is 4. The second-order valence-corrected chi connectivity index (χ2v) is 6.67. The van der Waals surface area contributed by atoms with Gasteiger partial charge in [-0.25, -0.2) is 4.98 Å². The molecule has 2 heterocycles. The summed E-state index contributed by atoms with van der Waals surface area (Å²) in [5.41, 5.74) is 2.03. The summed E-state index contributed by atoms with van der Waals surface area (Å²) in [5, 5.41) is 5.19. The fourth-order valence-corrected chi connectivity index (χ4v) is 3.66. The topological polar surface area (TPSA) is 29.3 Å². The van der Waals surface area contributed by atoms with Gasteiger partial charge in [0.25, 0.3) is 0 Å². The molecule has 0 aromatic carbocycles. The van der Waals surface area contributed by atoms with Crippen molar-refractivity contribution in [2.75, 3.05) is 6.26 Å². The van der Waals surface area contributed by atoms with Crippen LogP contribution < -0.4 is 5.32 Å². The van der Waals surface area contributed by atoms with Crippen LogP contribution >= 0.6 is 23.4 Å². The highest BCUT2D eigenvalue weighted by Gasteiger charge is 2.23. The summed E-state index contributed by atoms with van der Waals surface area (Å²) in [6, 6.07) is 4.47. The number of nitrogens with zero attached hydrogens (tertiary/aromatic N) is 2. The minimum atomic E-state index is 0.644. The van der Waals surface area contributed by atoms with E-state index in [0.29, 0.717) is 6.04 Å². The largest absolute Gasteiger partial charge is 0.308 e. The molecule has 2 atom stereocenters. The number of fused-ring (bicyclic) bond motifs is 1. The summed E-state index contributed by atoms with van der Waals surface area (Å²) in [6.45, 7) is 0.838. The van der Waals surface area contributed by atoms with Crippen LogP contribution in [0.1, 0.15) is 25.0 Å². The van der Waals surface area contributed by atoms with Crippen molar-refractivity contribution >= 4 is 29.0 Å². The van der Waals surface area contributed by atoms with Crippen molar-refractivity contribution in [3.8, 4) is 0 Å². The molecular formula is C14H18ClN3S. The minimum absolute atomic E-state index is 0.644. The number of imidazole rings is 1. The molecule has 0 radical (unpaired) electrons. The lowest BCUT2D eigenvalue weighted by Gasteiger charge is -2.11. The molecule has 1 aliphatic rings. The van der Waals surface area contributed by atoms with Crippen LogP contribution in [0.2, 0.25) is 5.02 Å². The van der Waals surface area contributed by atoms with Crippen LogP contribution in [0.3, 0.4) is 0 Å². The lowest BCUT2D eigenvalue weighted by Crippen LogP contribution is -2.26. The lowest BCUT2D eigenvalue weighted by molar-refractivity contribution is 0.521. The van der Waals surface area contributed by atoms with Crippen molar-refractivity contribution < 1.29 is 0 Å². The van der Waals surface area contributed by atoms with Crippen molar-refractivity contribution in [1.82, 2.24) is 14.7 Å². The monoisotopic (exact) mass is 295 g/mol. The van der Waals surface area contributed by atoms with Gasteiger partial charge in [0, 0.05) is 30.2 Å². The summed E-state index contributed by atoms with van der Waals surface area (Å²) in [7, 11) is 0. The van der Waals surface area contributed by atoms with E-state index in [-0.39, 0.29) is 0 Å². The van der Waals surface area contributed by atoms with Gasteiger partial charge in [0.1, 0.15) is 5.65 Å². The lowest BCUT2D eigenvalue weighted by atomic mass is 10.2. The third-order valence-electron chi connectivity index (χ3n) is 3.75. The number of thioether (sulfide) groups is 1. The van der Waals surface area contributed by atoms with E-state index in [4.69, 9.17) is 11.6 Å². The summed E-state index contributed by atoms with van der Waals surface area (Å²) < 4.78 is 1.98. The Labute approximate surface area is 122 Å². The van der Waals surface area contributed by atoms with E-state index in [1.807, 2.05) is 34.5 Å². The van der Waals surface area contributed by atoms with Crippen LogP contribution in [0.15, 0.2) is 24.5 Å². The zero-order chi connectivity index (χ0) is 13.2. The molecule has 1 saturated carbocycles. The first-order chi connectivity index (χ1) is 9.24. The maximum absolute atomic E-state index is 5.97. The molecule has 1 fully saturated rings. The average molecular weight is 296 g/mol. The van der Waals surface area contributed by atoms with E-state index in [2.05, 4.69) is 22.8 Å². The predicted molar refractivity (Wildman–Crippen MR) is 82.0 cm³/mol. The van der Waals surface area contributed by atoms with E-state index in [9.17, 15) is 0 Å². The molecule has 2 aromatic rings. The van der Waals surface area contributed by atoms with Gasteiger partial charge >= 0.3 is 0 Å². The molecule has 0 aliphatic heterocycles. The van der Waals surface area contributed by atoms with Gasteiger partial charge in [0.05, 0.1) is 10.7 Å². The van der Waals surface area contributed by atoms with Crippen molar-refractivity contribution in [3.05, 3.63) is 35.2 Å². The standard InChI is InChI=1S/C14H18ClN3S/c1-19-13-4-3-11(6-13)16-7-12-9-18-8-10(15)2-5-14(18)17-12/h2,5,8-9,11,13,16H,3-4,6-7H2,1H3. The van der Waals surface area contributed by atoms with Crippen LogP contribution in [0.25, 0.3) is 5.65 Å². The van der Waals surface area contributed by atoms with Crippen molar-refractivity contribution in [3.63, 3.8) is 0 Å². The second kappa shape index (κ2) is 5.73. The van der Waals surface area contributed by atoms with Crippen LogP contribution in [0, 0.1) is 0 Å². The van der Waals surface area contributed by atoms with Crippen LogP contribution in [-0.2, 0) is 6.54 Å². The van der Waals surface area contributed by atoms with Gasteiger partial charge in [-0.2, -0.15) is 11.8 Å².